The molecule has 0 amide bonds. The molecule has 10 heavy (non-hydrogen) atoms. The van der Waals surface area contributed by atoms with Crippen LogP contribution in [0.2, 0.25) is 0 Å². The lowest BCUT2D eigenvalue weighted by Crippen LogP contribution is -2.40. The van der Waals surface area contributed by atoms with Crippen molar-refractivity contribution in [2.24, 2.45) is 0 Å². The first-order valence-electron chi connectivity index (χ1n) is 3.17. The van der Waals surface area contributed by atoms with Gasteiger partial charge in [-0.3, -0.25) is 4.79 Å². The molecule has 1 aliphatic heterocycles. The molecule has 0 bridgehead atoms. The number of hydrogen-bond donors (Lipinski definition) is 2. The van der Waals surface area contributed by atoms with Crippen LogP contribution in [-0.4, -0.2) is 29.2 Å². The molecule has 0 aromatic carbocycles. The maximum absolute atomic E-state index is 10.2. The fraction of sp³-hybridized carbons (Fsp3) is 0.500. The first-order chi connectivity index (χ1) is 4.79. The Bertz CT molecular complexity index is 156. The Kier molecular flexibility index (Phi) is 2.28. The summed E-state index contributed by atoms with van der Waals surface area (Å²) in [7, 11) is 0. The van der Waals surface area contributed by atoms with Gasteiger partial charge in [0.1, 0.15) is 6.54 Å². The topological polar surface area (TPSA) is 52.6 Å². The summed E-state index contributed by atoms with van der Waals surface area (Å²) in [6.45, 7) is 0.827. The van der Waals surface area contributed by atoms with Crippen LogP contribution in [-0.2, 0) is 4.79 Å². The fourth-order valence-corrected chi connectivity index (χ4v) is 0.824. The molecule has 0 spiro atoms. The quantitative estimate of drug-likeness (QED) is 0.560. The number of hydrazine groups is 1. The van der Waals surface area contributed by atoms with Gasteiger partial charge in [0.2, 0.25) is 0 Å². The van der Waals surface area contributed by atoms with E-state index in [-0.39, 0.29) is 6.54 Å². The predicted octanol–water partition coefficient (Wildman–Crippen LogP) is -0.205. The van der Waals surface area contributed by atoms with Gasteiger partial charge in [-0.25, -0.2) is 5.01 Å². The van der Waals surface area contributed by atoms with Gasteiger partial charge in [0.05, 0.1) is 0 Å². The van der Waals surface area contributed by atoms with Crippen LogP contribution in [0.3, 0.4) is 0 Å². The molecule has 0 unspecified atom stereocenters. The highest BCUT2D eigenvalue weighted by Gasteiger charge is 2.08. The van der Waals surface area contributed by atoms with E-state index < -0.39 is 5.97 Å². The van der Waals surface area contributed by atoms with Crippen molar-refractivity contribution in [2.75, 3.05) is 13.1 Å². The first-order valence-corrected chi connectivity index (χ1v) is 3.17. The molecule has 0 saturated heterocycles. The van der Waals surface area contributed by atoms with Gasteiger partial charge in [-0.05, 0) is 6.42 Å². The molecule has 1 heterocycles. The Morgan fingerprint density at radius 1 is 1.80 bits per heavy atom. The van der Waals surface area contributed by atoms with Gasteiger partial charge in [0.25, 0.3) is 0 Å². The number of aliphatic carboxylic acids is 1. The summed E-state index contributed by atoms with van der Waals surface area (Å²) in [6.07, 6.45) is 4.64. The Labute approximate surface area is 59.1 Å². The van der Waals surface area contributed by atoms with Crippen molar-refractivity contribution in [2.45, 2.75) is 6.42 Å². The Hall–Kier alpha value is -1.03. The van der Waals surface area contributed by atoms with Crippen molar-refractivity contribution in [3.05, 3.63) is 12.3 Å². The van der Waals surface area contributed by atoms with Crippen molar-refractivity contribution in [1.82, 2.24) is 10.4 Å². The van der Waals surface area contributed by atoms with E-state index in [1.165, 1.54) is 0 Å². The lowest BCUT2D eigenvalue weighted by molar-refractivity contribution is -0.138. The monoisotopic (exact) mass is 142 g/mol. The minimum Gasteiger partial charge on any atom is -0.480 e. The number of hydrogen-bond acceptors (Lipinski definition) is 3. The minimum atomic E-state index is -0.803. The average molecular weight is 142 g/mol. The van der Waals surface area contributed by atoms with Crippen molar-refractivity contribution in [3.63, 3.8) is 0 Å². The van der Waals surface area contributed by atoms with Gasteiger partial charge in [0, 0.05) is 12.7 Å². The first kappa shape index (κ1) is 7.08. The smallest absolute Gasteiger partial charge is 0.319 e. The van der Waals surface area contributed by atoms with Crippen LogP contribution in [0.5, 0.6) is 0 Å². The van der Waals surface area contributed by atoms with Crippen molar-refractivity contribution in [1.29, 1.82) is 0 Å². The molecular weight excluding hydrogens is 132 g/mol. The van der Waals surface area contributed by atoms with Gasteiger partial charge in [-0.15, -0.1) is 0 Å². The second-order valence-corrected chi connectivity index (χ2v) is 2.14. The number of nitrogens with zero attached hydrogens (tertiary/aromatic N) is 1. The summed E-state index contributed by atoms with van der Waals surface area (Å²) >= 11 is 0. The van der Waals surface area contributed by atoms with Gasteiger partial charge in [-0.2, -0.15) is 0 Å². The molecule has 56 valence electrons. The van der Waals surface area contributed by atoms with Crippen molar-refractivity contribution < 1.29 is 9.90 Å². The number of carboxylic acid groups (broad SMARTS) is 1. The zero-order chi connectivity index (χ0) is 7.40. The molecule has 4 nitrogen and oxygen atoms in total. The Balaban J connectivity index is 2.28. The third-order valence-electron chi connectivity index (χ3n) is 1.27. The number of rotatable bonds is 2. The Morgan fingerprint density at radius 3 is 3.10 bits per heavy atom. The fourth-order valence-electron chi connectivity index (χ4n) is 0.824. The van der Waals surface area contributed by atoms with E-state index in [9.17, 15) is 4.79 Å². The number of carboxylic acids is 1. The number of nitrogens with one attached hydrogen (secondary N) is 1. The molecule has 2 N–H and O–H groups in total. The molecule has 4 heteroatoms. The summed E-state index contributed by atoms with van der Waals surface area (Å²) in [5.41, 5.74) is 2.82. The number of carbonyl (C=O) groups is 1. The summed E-state index contributed by atoms with van der Waals surface area (Å²) in [6, 6.07) is 0. The summed E-state index contributed by atoms with van der Waals surface area (Å²) in [5.74, 6) is -0.803. The normalized spacial score (nSPS) is 18.4. The lowest BCUT2D eigenvalue weighted by atomic mass is 10.3. The second kappa shape index (κ2) is 3.22. The molecule has 0 radical (unpaired) electrons. The molecule has 0 aliphatic carbocycles. The van der Waals surface area contributed by atoms with Gasteiger partial charge in [-0.1, -0.05) is 6.08 Å². The van der Waals surface area contributed by atoms with Crippen LogP contribution in [0.1, 0.15) is 6.42 Å². The zero-order valence-corrected chi connectivity index (χ0v) is 5.58. The standard InChI is InChI=1S/C6H10N2O2/c9-6(10)5-8-4-2-1-3-7-8/h1,3,7H,2,4-5H2,(H,9,10). The van der Waals surface area contributed by atoms with Crippen molar-refractivity contribution in [3.8, 4) is 0 Å². The predicted molar refractivity (Wildman–Crippen MR) is 36.1 cm³/mol. The molecule has 0 fully saturated rings. The largest absolute Gasteiger partial charge is 0.480 e. The van der Waals surface area contributed by atoms with Crippen molar-refractivity contribution >= 4 is 5.97 Å². The van der Waals surface area contributed by atoms with Crippen LogP contribution in [0.25, 0.3) is 0 Å². The highest BCUT2D eigenvalue weighted by molar-refractivity contribution is 5.69. The minimum absolute atomic E-state index is 0.0599. The third-order valence-corrected chi connectivity index (χ3v) is 1.27. The van der Waals surface area contributed by atoms with Crippen LogP contribution in [0.15, 0.2) is 12.3 Å². The summed E-state index contributed by atoms with van der Waals surface area (Å²) < 4.78 is 0. The van der Waals surface area contributed by atoms with E-state index in [1.54, 1.807) is 11.2 Å². The second-order valence-electron chi connectivity index (χ2n) is 2.14. The van der Waals surface area contributed by atoms with E-state index in [2.05, 4.69) is 5.43 Å². The average Bonchev–Trinajstić information content (AvgIpc) is 1.88. The van der Waals surface area contributed by atoms with E-state index in [1.807, 2.05) is 6.08 Å². The molecular formula is C6H10N2O2. The highest BCUT2D eigenvalue weighted by atomic mass is 16.4. The third kappa shape index (κ3) is 2.06. The van der Waals surface area contributed by atoms with Gasteiger partial charge in [0.15, 0.2) is 0 Å². The molecule has 0 aromatic heterocycles. The van der Waals surface area contributed by atoms with Crippen LogP contribution < -0.4 is 5.43 Å². The highest BCUT2D eigenvalue weighted by Crippen LogP contribution is 1.94. The van der Waals surface area contributed by atoms with E-state index >= 15 is 0 Å². The summed E-state index contributed by atoms with van der Waals surface area (Å²) in [4.78, 5) is 10.2. The van der Waals surface area contributed by atoms with E-state index in [0.717, 1.165) is 13.0 Å². The lowest BCUT2D eigenvalue weighted by Gasteiger charge is -2.22. The van der Waals surface area contributed by atoms with Crippen LogP contribution in [0, 0.1) is 0 Å². The van der Waals surface area contributed by atoms with Gasteiger partial charge < -0.3 is 10.5 Å². The van der Waals surface area contributed by atoms with E-state index in [0.29, 0.717) is 0 Å². The maximum Gasteiger partial charge on any atom is 0.319 e. The Morgan fingerprint density at radius 2 is 2.60 bits per heavy atom. The molecule has 0 aromatic rings. The molecule has 1 rings (SSSR count). The van der Waals surface area contributed by atoms with Crippen LogP contribution in [0.4, 0.5) is 0 Å². The zero-order valence-electron chi connectivity index (χ0n) is 5.58. The van der Waals surface area contributed by atoms with Gasteiger partial charge >= 0.3 is 5.97 Å². The SMILES string of the molecule is O=C(O)CN1CCC=CN1. The van der Waals surface area contributed by atoms with E-state index in [4.69, 9.17) is 5.11 Å². The summed E-state index contributed by atoms with van der Waals surface area (Å²) in [5, 5.41) is 10.0. The molecule has 0 atom stereocenters. The molecule has 0 saturated carbocycles. The maximum atomic E-state index is 10.2. The van der Waals surface area contributed by atoms with Crippen LogP contribution >= 0.6 is 0 Å². The molecule has 1 aliphatic rings.